The Balaban J connectivity index is 3.22. The second kappa shape index (κ2) is 7.25. The molecule has 0 amide bonds. The monoisotopic (exact) mass is 277 g/mol. The summed E-state index contributed by atoms with van der Waals surface area (Å²) in [4.78, 5) is 2.14. The molecule has 1 atom stereocenters. The quantitative estimate of drug-likeness (QED) is 0.865. The Bertz CT molecular complexity index is 489. The summed E-state index contributed by atoms with van der Waals surface area (Å²) in [5.74, 6) is 0.228. The minimum Gasteiger partial charge on any atom is -0.370 e. The second-order valence-electron chi connectivity index (χ2n) is 5.70. The van der Waals surface area contributed by atoms with Gasteiger partial charge in [0.2, 0.25) is 0 Å². The number of anilines is 1. The van der Waals surface area contributed by atoms with Crippen LogP contribution >= 0.6 is 0 Å². The molecule has 0 aliphatic carbocycles. The predicted molar refractivity (Wildman–Crippen MR) is 81.0 cm³/mol. The van der Waals surface area contributed by atoms with E-state index < -0.39 is 0 Å². The van der Waals surface area contributed by atoms with Crippen molar-refractivity contribution in [2.45, 2.75) is 40.2 Å². The molecule has 0 fully saturated rings. The molecule has 3 nitrogen and oxygen atoms in total. The number of hydrogen-bond acceptors (Lipinski definition) is 3. The van der Waals surface area contributed by atoms with E-state index in [1.165, 1.54) is 6.07 Å². The minimum atomic E-state index is -0.239. The lowest BCUT2D eigenvalue weighted by Crippen LogP contribution is -2.30. The van der Waals surface area contributed by atoms with E-state index in [1.54, 1.807) is 6.92 Å². The average molecular weight is 277 g/mol. The number of halogens is 1. The van der Waals surface area contributed by atoms with Gasteiger partial charge in [0, 0.05) is 24.8 Å². The Morgan fingerprint density at radius 1 is 1.35 bits per heavy atom. The summed E-state index contributed by atoms with van der Waals surface area (Å²) in [7, 11) is 0. The van der Waals surface area contributed by atoms with Gasteiger partial charge >= 0.3 is 0 Å². The topological polar surface area (TPSA) is 53.0 Å². The molecule has 4 heteroatoms. The van der Waals surface area contributed by atoms with Crippen LogP contribution in [-0.4, -0.2) is 13.1 Å². The maximum absolute atomic E-state index is 13.8. The maximum Gasteiger partial charge on any atom is 0.126 e. The zero-order chi connectivity index (χ0) is 15.3. The molecular formula is C16H24FN3. The summed E-state index contributed by atoms with van der Waals surface area (Å²) in [6, 6.07) is 5.29. The first-order valence-electron chi connectivity index (χ1n) is 7.04. The van der Waals surface area contributed by atoms with Gasteiger partial charge in [-0.15, -0.1) is 0 Å². The summed E-state index contributed by atoms with van der Waals surface area (Å²) >= 11 is 0. The van der Waals surface area contributed by atoms with E-state index in [4.69, 9.17) is 11.0 Å². The van der Waals surface area contributed by atoms with Gasteiger partial charge in [-0.1, -0.05) is 13.8 Å². The van der Waals surface area contributed by atoms with Gasteiger partial charge in [-0.2, -0.15) is 5.26 Å². The average Bonchev–Trinajstić information content (AvgIpc) is 2.36. The molecular weight excluding hydrogens is 253 g/mol. The predicted octanol–water partition coefficient (Wildman–Crippen LogP) is 3.53. The Morgan fingerprint density at radius 3 is 2.50 bits per heavy atom. The van der Waals surface area contributed by atoms with Gasteiger partial charge < -0.3 is 10.6 Å². The summed E-state index contributed by atoms with van der Waals surface area (Å²) in [5.41, 5.74) is 8.32. The van der Waals surface area contributed by atoms with Gasteiger partial charge in [0.05, 0.1) is 12.5 Å². The van der Waals surface area contributed by atoms with E-state index in [-0.39, 0.29) is 11.9 Å². The van der Waals surface area contributed by atoms with Gasteiger partial charge in [-0.3, -0.25) is 0 Å². The Hall–Kier alpha value is -1.60. The van der Waals surface area contributed by atoms with Crippen LogP contribution in [0.1, 0.15) is 44.4 Å². The van der Waals surface area contributed by atoms with Crippen LogP contribution in [0.4, 0.5) is 10.1 Å². The lowest BCUT2D eigenvalue weighted by atomic mass is 10.0. The minimum absolute atomic E-state index is 0.231. The van der Waals surface area contributed by atoms with Crippen LogP contribution < -0.4 is 10.6 Å². The molecule has 1 aromatic carbocycles. The molecule has 0 radical (unpaired) electrons. The highest BCUT2D eigenvalue weighted by Gasteiger charge is 2.17. The van der Waals surface area contributed by atoms with E-state index in [0.717, 1.165) is 17.8 Å². The van der Waals surface area contributed by atoms with Crippen molar-refractivity contribution in [1.82, 2.24) is 0 Å². The number of rotatable bonds is 6. The van der Waals surface area contributed by atoms with Gasteiger partial charge in [-0.05, 0) is 43.0 Å². The van der Waals surface area contributed by atoms with Crippen molar-refractivity contribution < 1.29 is 4.39 Å². The fourth-order valence-corrected chi connectivity index (χ4v) is 2.26. The first-order chi connectivity index (χ1) is 9.36. The molecule has 0 saturated heterocycles. The third-order valence-corrected chi connectivity index (χ3v) is 3.22. The van der Waals surface area contributed by atoms with Gasteiger partial charge in [-0.25, -0.2) is 4.39 Å². The molecule has 0 aliphatic heterocycles. The molecule has 0 saturated carbocycles. The van der Waals surface area contributed by atoms with Crippen LogP contribution in [0.2, 0.25) is 0 Å². The van der Waals surface area contributed by atoms with Crippen LogP contribution in [0.25, 0.3) is 0 Å². The van der Waals surface area contributed by atoms with Crippen LogP contribution in [0.15, 0.2) is 12.1 Å². The Morgan fingerprint density at radius 2 is 2.00 bits per heavy atom. The van der Waals surface area contributed by atoms with Crippen LogP contribution in [-0.2, 0) is 0 Å². The van der Waals surface area contributed by atoms with Crippen molar-refractivity contribution in [3.63, 3.8) is 0 Å². The zero-order valence-corrected chi connectivity index (χ0v) is 12.8. The summed E-state index contributed by atoms with van der Waals surface area (Å²) in [5, 5.41) is 8.81. The van der Waals surface area contributed by atoms with Gasteiger partial charge in [0.15, 0.2) is 0 Å². The molecule has 0 spiro atoms. The first kappa shape index (κ1) is 16.5. The smallest absolute Gasteiger partial charge is 0.126 e. The van der Waals surface area contributed by atoms with Crippen LogP contribution in [0, 0.1) is 30.0 Å². The van der Waals surface area contributed by atoms with E-state index >= 15 is 0 Å². The highest BCUT2D eigenvalue weighted by Crippen LogP contribution is 2.29. The highest BCUT2D eigenvalue weighted by molar-refractivity contribution is 5.57. The standard InChI is InChI=1S/C16H24FN3/c1-11(2)10-20(7-5-6-18)16-8-12(3)15(17)9-14(16)13(4)19/h8-9,11,13H,5,7,10,19H2,1-4H3/t13-/m0/s1. The molecule has 0 bridgehead atoms. The Kier molecular flexibility index (Phi) is 5.97. The van der Waals surface area contributed by atoms with E-state index in [2.05, 4.69) is 24.8 Å². The fourth-order valence-electron chi connectivity index (χ4n) is 2.26. The summed E-state index contributed by atoms with van der Waals surface area (Å²) in [6.07, 6.45) is 0.446. The van der Waals surface area contributed by atoms with Gasteiger partial charge in [0.1, 0.15) is 5.82 Å². The normalized spacial score (nSPS) is 12.3. The SMILES string of the molecule is Cc1cc(N(CCC#N)CC(C)C)c([C@H](C)N)cc1F. The molecule has 110 valence electrons. The molecule has 0 aromatic heterocycles. The molecule has 20 heavy (non-hydrogen) atoms. The third kappa shape index (κ3) is 4.21. The van der Waals surface area contributed by atoms with E-state index in [0.29, 0.717) is 24.4 Å². The molecule has 2 N–H and O–H groups in total. The van der Waals surface area contributed by atoms with Gasteiger partial charge in [0.25, 0.3) is 0 Å². The van der Waals surface area contributed by atoms with E-state index in [9.17, 15) is 4.39 Å². The van der Waals surface area contributed by atoms with Crippen molar-refractivity contribution in [1.29, 1.82) is 5.26 Å². The van der Waals surface area contributed by atoms with Crippen molar-refractivity contribution in [3.8, 4) is 6.07 Å². The molecule has 0 heterocycles. The molecule has 1 aromatic rings. The molecule has 0 unspecified atom stereocenters. The summed E-state index contributed by atoms with van der Waals surface area (Å²) < 4.78 is 13.8. The Labute approximate surface area is 121 Å². The number of benzene rings is 1. The van der Waals surface area contributed by atoms with Crippen molar-refractivity contribution in [3.05, 3.63) is 29.1 Å². The molecule has 1 rings (SSSR count). The largest absolute Gasteiger partial charge is 0.370 e. The lowest BCUT2D eigenvalue weighted by Gasteiger charge is -2.29. The first-order valence-corrected chi connectivity index (χ1v) is 7.04. The number of nitrogens with zero attached hydrogens (tertiary/aromatic N) is 2. The second-order valence-corrected chi connectivity index (χ2v) is 5.70. The number of nitrogens with two attached hydrogens (primary N) is 1. The number of hydrogen-bond donors (Lipinski definition) is 1. The van der Waals surface area contributed by atoms with Crippen LogP contribution in [0.3, 0.4) is 0 Å². The highest BCUT2D eigenvalue weighted by atomic mass is 19.1. The van der Waals surface area contributed by atoms with Crippen molar-refractivity contribution in [2.75, 3.05) is 18.0 Å². The third-order valence-electron chi connectivity index (χ3n) is 3.22. The number of nitriles is 1. The van der Waals surface area contributed by atoms with Crippen molar-refractivity contribution >= 4 is 5.69 Å². The fraction of sp³-hybridized carbons (Fsp3) is 0.562. The van der Waals surface area contributed by atoms with Crippen molar-refractivity contribution in [2.24, 2.45) is 11.7 Å². The lowest BCUT2D eigenvalue weighted by molar-refractivity contribution is 0.598. The van der Waals surface area contributed by atoms with Crippen LogP contribution in [0.5, 0.6) is 0 Å². The maximum atomic E-state index is 13.8. The zero-order valence-electron chi connectivity index (χ0n) is 12.8. The summed E-state index contributed by atoms with van der Waals surface area (Å²) in [6.45, 7) is 9.32. The van der Waals surface area contributed by atoms with E-state index in [1.807, 2.05) is 13.0 Å². The number of aryl methyl sites for hydroxylation is 1. The molecule has 0 aliphatic rings.